The van der Waals surface area contributed by atoms with Crippen molar-refractivity contribution >= 4 is 35.0 Å². The standard InChI is InChI=1S/C17H18ClNO2S/c1-11-4-3-5-12(8-11)17(22-10-16(20)21-2)14-9-13(18)6-7-15(14)19/h3-9,17H,10,19H2,1-2H3. The molecule has 0 heterocycles. The fourth-order valence-corrected chi connectivity index (χ4v) is 3.51. The van der Waals surface area contributed by atoms with E-state index in [9.17, 15) is 4.79 Å². The lowest BCUT2D eigenvalue weighted by Gasteiger charge is -2.20. The van der Waals surface area contributed by atoms with Crippen LogP contribution in [0.15, 0.2) is 42.5 Å². The monoisotopic (exact) mass is 335 g/mol. The van der Waals surface area contributed by atoms with Crippen LogP contribution in [0.2, 0.25) is 5.02 Å². The molecule has 0 spiro atoms. The molecule has 0 amide bonds. The average Bonchev–Trinajstić information content (AvgIpc) is 2.50. The number of nitrogens with two attached hydrogens (primary N) is 1. The van der Waals surface area contributed by atoms with E-state index < -0.39 is 0 Å². The lowest BCUT2D eigenvalue weighted by atomic mass is 10.0. The smallest absolute Gasteiger partial charge is 0.315 e. The first-order chi connectivity index (χ1) is 10.5. The van der Waals surface area contributed by atoms with Crippen LogP contribution in [0.1, 0.15) is 21.9 Å². The van der Waals surface area contributed by atoms with Crippen molar-refractivity contribution in [2.24, 2.45) is 0 Å². The minimum absolute atomic E-state index is 0.0716. The van der Waals surface area contributed by atoms with E-state index in [4.69, 9.17) is 22.1 Å². The van der Waals surface area contributed by atoms with Crippen molar-refractivity contribution in [3.05, 3.63) is 64.2 Å². The molecular weight excluding hydrogens is 318 g/mol. The van der Waals surface area contributed by atoms with Crippen LogP contribution in [0.3, 0.4) is 0 Å². The Labute approximate surface area is 139 Å². The van der Waals surface area contributed by atoms with Gasteiger partial charge >= 0.3 is 5.97 Å². The van der Waals surface area contributed by atoms with E-state index in [1.165, 1.54) is 18.9 Å². The maximum Gasteiger partial charge on any atom is 0.315 e. The molecule has 1 atom stereocenters. The molecule has 0 fully saturated rings. The van der Waals surface area contributed by atoms with Crippen molar-refractivity contribution in [2.45, 2.75) is 12.2 Å². The lowest BCUT2D eigenvalue weighted by Crippen LogP contribution is -2.08. The summed E-state index contributed by atoms with van der Waals surface area (Å²) in [5.74, 6) is -0.00982. The highest BCUT2D eigenvalue weighted by Gasteiger charge is 2.19. The number of carbonyl (C=O) groups is 1. The van der Waals surface area contributed by atoms with Crippen molar-refractivity contribution in [1.82, 2.24) is 0 Å². The number of ether oxygens (including phenoxy) is 1. The zero-order valence-corrected chi connectivity index (χ0v) is 14.1. The Morgan fingerprint density at radius 3 is 2.77 bits per heavy atom. The predicted octanol–water partition coefficient (Wildman–Crippen LogP) is 4.23. The van der Waals surface area contributed by atoms with Crippen molar-refractivity contribution in [3.63, 3.8) is 0 Å². The third kappa shape index (κ3) is 4.18. The average molecular weight is 336 g/mol. The van der Waals surface area contributed by atoms with Crippen LogP contribution in [0, 0.1) is 6.92 Å². The molecule has 1 unspecified atom stereocenters. The van der Waals surface area contributed by atoms with Gasteiger partial charge in [0.05, 0.1) is 18.1 Å². The van der Waals surface area contributed by atoms with E-state index in [-0.39, 0.29) is 17.0 Å². The molecule has 116 valence electrons. The van der Waals surface area contributed by atoms with Crippen molar-refractivity contribution in [2.75, 3.05) is 18.6 Å². The van der Waals surface area contributed by atoms with Gasteiger partial charge in [-0.05, 0) is 36.2 Å². The molecule has 0 aliphatic heterocycles. The number of aryl methyl sites for hydroxylation is 1. The van der Waals surface area contributed by atoms with Crippen molar-refractivity contribution < 1.29 is 9.53 Å². The molecule has 2 rings (SSSR count). The van der Waals surface area contributed by atoms with Crippen LogP contribution >= 0.6 is 23.4 Å². The highest BCUT2D eigenvalue weighted by Crippen LogP contribution is 2.39. The van der Waals surface area contributed by atoms with Crippen LogP contribution in [0.5, 0.6) is 0 Å². The van der Waals surface area contributed by atoms with E-state index in [0.717, 1.165) is 16.7 Å². The van der Waals surface area contributed by atoms with Gasteiger partial charge in [-0.25, -0.2) is 0 Å². The molecule has 0 radical (unpaired) electrons. The van der Waals surface area contributed by atoms with Crippen LogP contribution in [-0.4, -0.2) is 18.8 Å². The third-order valence-corrected chi connectivity index (χ3v) is 4.77. The second-order valence-corrected chi connectivity index (χ2v) is 6.48. The third-order valence-electron chi connectivity index (χ3n) is 3.27. The molecule has 0 aliphatic rings. The molecule has 0 saturated carbocycles. The summed E-state index contributed by atoms with van der Waals surface area (Å²) in [5.41, 5.74) is 9.93. The number of benzene rings is 2. The fourth-order valence-electron chi connectivity index (χ4n) is 2.18. The summed E-state index contributed by atoms with van der Waals surface area (Å²) in [6.07, 6.45) is 0. The normalized spacial score (nSPS) is 12.0. The first kappa shape index (κ1) is 16.7. The van der Waals surface area contributed by atoms with Crippen LogP contribution in [0.4, 0.5) is 5.69 Å². The molecule has 3 nitrogen and oxygen atoms in total. The SMILES string of the molecule is COC(=O)CSC(c1cccc(C)c1)c1cc(Cl)ccc1N. The Bertz CT molecular complexity index is 675. The number of esters is 1. The summed E-state index contributed by atoms with van der Waals surface area (Å²) in [6, 6.07) is 13.6. The Balaban J connectivity index is 2.40. The van der Waals surface area contributed by atoms with Gasteiger partial charge in [0.2, 0.25) is 0 Å². The maximum atomic E-state index is 11.5. The minimum Gasteiger partial charge on any atom is -0.468 e. The minimum atomic E-state index is -0.261. The van der Waals surface area contributed by atoms with E-state index in [2.05, 4.69) is 6.07 Å². The van der Waals surface area contributed by atoms with E-state index in [1.54, 1.807) is 12.1 Å². The number of methoxy groups -OCH3 is 1. The molecule has 0 saturated heterocycles. The Morgan fingerprint density at radius 2 is 2.09 bits per heavy atom. The van der Waals surface area contributed by atoms with Crippen molar-refractivity contribution in [3.8, 4) is 0 Å². The number of thioether (sulfide) groups is 1. The lowest BCUT2D eigenvalue weighted by molar-refractivity contribution is -0.137. The quantitative estimate of drug-likeness (QED) is 0.656. The number of anilines is 1. The molecule has 2 aromatic carbocycles. The Kier molecular flexibility index (Phi) is 5.75. The van der Waals surface area contributed by atoms with E-state index in [1.807, 2.05) is 31.2 Å². The van der Waals surface area contributed by atoms with Gasteiger partial charge in [-0.1, -0.05) is 41.4 Å². The molecule has 0 aliphatic carbocycles. The fraction of sp³-hybridized carbons (Fsp3) is 0.235. The molecule has 2 N–H and O–H groups in total. The molecule has 22 heavy (non-hydrogen) atoms. The van der Waals surface area contributed by atoms with Gasteiger partial charge in [-0.15, -0.1) is 11.8 Å². The Hall–Kier alpha value is -1.65. The molecule has 2 aromatic rings. The van der Waals surface area contributed by atoms with Gasteiger partial charge in [0.15, 0.2) is 0 Å². The zero-order chi connectivity index (χ0) is 16.1. The highest BCUT2D eigenvalue weighted by molar-refractivity contribution is 8.00. The van der Waals surface area contributed by atoms with Crippen LogP contribution < -0.4 is 5.73 Å². The molecule has 5 heteroatoms. The summed E-state index contributed by atoms with van der Waals surface area (Å²) in [6.45, 7) is 2.03. The summed E-state index contributed by atoms with van der Waals surface area (Å²) in [7, 11) is 1.39. The highest BCUT2D eigenvalue weighted by atomic mass is 35.5. The van der Waals surface area contributed by atoms with Gasteiger partial charge in [0.25, 0.3) is 0 Å². The van der Waals surface area contributed by atoms with Gasteiger partial charge in [0, 0.05) is 10.7 Å². The summed E-state index contributed by atoms with van der Waals surface area (Å²) < 4.78 is 4.73. The molecule has 0 bridgehead atoms. The summed E-state index contributed by atoms with van der Waals surface area (Å²) in [4.78, 5) is 11.5. The second kappa shape index (κ2) is 7.56. The predicted molar refractivity (Wildman–Crippen MR) is 93.4 cm³/mol. The summed E-state index contributed by atoms with van der Waals surface area (Å²) in [5, 5.41) is 0.554. The maximum absolute atomic E-state index is 11.5. The molecular formula is C17H18ClNO2S. The van der Waals surface area contributed by atoms with Crippen molar-refractivity contribution in [1.29, 1.82) is 0 Å². The van der Waals surface area contributed by atoms with E-state index >= 15 is 0 Å². The van der Waals surface area contributed by atoms with Gasteiger partial charge in [0.1, 0.15) is 0 Å². The summed E-state index contributed by atoms with van der Waals surface area (Å²) >= 11 is 7.59. The number of nitrogen functional groups attached to an aromatic ring is 1. The first-order valence-corrected chi connectivity index (χ1v) is 8.24. The number of halogens is 1. The molecule has 0 aromatic heterocycles. The van der Waals surface area contributed by atoms with Gasteiger partial charge in [-0.2, -0.15) is 0 Å². The first-order valence-electron chi connectivity index (χ1n) is 6.81. The van der Waals surface area contributed by atoms with Crippen LogP contribution in [-0.2, 0) is 9.53 Å². The number of rotatable bonds is 5. The van der Waals surface area contributed by atoms with Gasteiger partial charge < -0.3 is 10.5 Å². The van der Waals surface area contributed by atoms with E-state index in [0.29, 0.717) is 10.7 Å². The Morgan fingerprint density at radius 1 is 1.32 bits per heavy atom. The zero-order valence-electron chi connectivity index (χ0n) is 12.5. The topological polar surface area (TPSA) is 52.3 Å². The van der Waals surface area contributed by atoms with Gasteiger partial charge in [-0.3, -0.25) is 4.79 Å². The number of carbonyl (C=O) groups excluding carboxylic acids is 1. The number of hydrogen-bond donors (Lipinski definition) is 1. The number of hydrogen-bond acceptors (Lipinski definition) is 4. The second-order valence-electron chi connectivity index (χ2n) is 4.95. The van der Waals surface area contributed by atoms with Crippen LogP contribution in [0.25, 0.3) is 0 Å². The largest absolute Gasteiger partial charge is 0.468 e.